The van der Waals surface area contributed by atoms with Crippen LogP contribution in [0.25, 0.3) is 6.08 Å². The molecule has 0 aliphatic rings. The number of nitrogens with two attached hydrogens (primary N) is 1. The highest BCUT2D eigenvalue weighted by Crippen LogP contribution is 2.24. The van der Waals surface area contributed by atoms with Crippen LogP contribution in [0.2, 0.25) is 5.02 Å². The van der Waals surface area contributed by atoms with Crippen molar-refractivity contribution in [1.29, 1.82) is 5.26 Å². The van der Waals surface area contributed by atoms with Crippen LogP contribution in [0.1, 0.15) is 11.1 Å². The summed E-state index contributed by atoms with van der Waals surface area (Å²) in [6, 6.07) is 14.8. The molecule has 3 amide bonds. The Morgan fingerprint density at radius 3 is 2.56 bits per heavy atom. The molecule has 7 heteroatoms. The van der Waals surface area contributed by atoms with E-state index in [4.69, 9.17) is 27.3 Å². The summed E-state index contributed by atoms with van der Waals surface area (Å²) in [4.78, 5) is 22.5. The van der Waals surface area contributed by atoms with Crippen molar-refractivity contribution in [3.8, 4) is 11.8 Å². The van der Waals surface area contributed by atoms with E-state index in [1.807, 2.05) is 23.5 Å². The normalized spacial score (nSPS) is 10.6. The summed E-state index contributed by atoms with van der Waals surface area (Å²) in [7, 11) is 0. The predicted octanol–water partition coefficient (Wildman–Crippen LogP) is 3.02. The third-order valence-electron chi connectivity index (χ3n) is 3.16. The first-order valence-corrected chi connectivity index (χ1v) is 7.57. The van der Waals surface area contributed by atoms with Crippen molar-refractivity contribution in [1.82, 2.24) is 5.32 Å². The van der Waals surface area contributed by atoms with Crippen LogP contribution in [0.4, 0.5) is 4.79 Å². The van der Waals surface area contributed by atoms with Crippen molar-refractivity contribution in [2.24, 2.45) is 5.73 Å². The molecule has 6 nitrogen and oxygen atoms in total. The number of hydrogen-bond acceptors (Lipinski definition) is 4. The van der Waals surface area contributed by atoms with Crippen LogP contribution in [-0.4, -0.2) is 11.9 Å². The van der Waals surface area contributed by atoms with E-state index >= 15 is 0 Å². The fraction of sp³-hybridized carbons (Fsp3) is 0.0556. The van der Waals surface area contributed by atoms with Crippen molar-refractivity contribution in [2.75, 3.05) is 0 Å². The van der Waals surface area contributed by atoms with Crippen LogP contribution in [-0.2, 0) is 11.4 Å². The van der Waals surface area contributed by atoms with Gasteiger partial charge in [0.15, 0.2) is 0 Å². The first-order chi connectivity index (χ1) is 12.0. The highest BCUT2D eigenvalue weighted by molar-refractivity contribution is 6.31. The summed E-state index contributed by atoms with van der Waals surface area (Å²) in [5, 5.41) is 11.5. The minimum atomic E-state index is -1.03. The maximum absolute atomic E-state index is 11.8. The molecule has 2 aromatic rings. The summed E-state index contributed by atoms with van der Waals surface area (Å²) in [5.41, 5.74) is 5.93. The number of amides is 3. The third kappa shape index (κ3) is 5.09. The second-order valence-corrected chi connectivity index (χ2v) is 5.31. The number of rotatable bonds is 5. The monoisotopic (exact) mass is 355 g/mol. The van der Waals surface area contributed by atoms with Gasteiger partial charge >= 0.3 is 6.03 Å². The van der Waals surface area contributed by atoms with Gasteiger partial charge in [-0.1, -0.05) is 48.0 Å². The van der Waals surface area contributed by atoms with Gasteiger partial charge in [-0.2, -0.15) is 5.26 Å². The highest BCUT2D eigenvalue weighted by Gasteiger charge is 2.12. The molecular weight excluding hydrogens is 342 g/mol. The number of halogens is 1. The van der Waals surface area contributed by atoms with Crippen molar-refractivity contribution >= 4 is 29.6 Å². The van der Waals surface area contributed by atoms with Gasteiger partial charge < -0.3 is 10.5 Å². The Bertz CT molecular complexity index is 872. The van der Waals surface area contributed by atoms with Gasteiger partial charge in [-0.05, 0) is 18.2 Å². The molecule has 0 aliphatic heterocycles. The Labute approximate surface area is 149 Å². The molecule has 0 fully saturated rings. The van der Waals surface area contributed by atoms with Crippen LogP contribution >= 0.6 is 11.6 Å². The number of urea groups is 1. The first-order valence-electron chi connectivity index (χ1n) is 7.19. The lowest BCUT2D eigenvalue weighted by molar-refractivity contribution is -0.115. The van der Waals surface area contributed by atoms with Crippen molar-refractivity contribution in [2.45, 2.75) is 6.61 Å². The number of nitrogens with zero attached hydrogens (tertiary/aromatic N) is 1. The van der Waals surface area contributed by atoms with Gasteiger partial charge in [-0.3, -0.25) is 10.1 Å². The average Bonchev–Trinajstić information content (AvgIpc) is 2.59. The van der Waals surface area contributed by atoms with E-state index in [1.165, 1.54) is 6.08 Å². The van der Waals surface area contributed by atoms with Gasteiger partial charge in [0.05, 0.1) is 0 Å². The molecule has 25 heavy (non-hydrogen) atoms. The lowest BCUT2D eigenvalue weighted by atomic mass is 10.1. The Morgan fingerprint density at radius 2 is 1.88 bits per heavy atom. The fourth-order valence-corrected chi connectivity index (χ4v) is 2.18. The Balaban J connectivity index is 2.24. The molecule has 2 rings (SSSR count). The van der Waals surface area contributed by atoms with Crippen LogP contribution in [0.15, 0.2) is 54.1 Å². The van der Waals surface area contributed by atoms with Crippen LogP contribution in [0, 0.1) is 11.3 Å². The number of ether oxygens (including phenoxy) is 1. The second kappa shape index (κ2) is 8.52. The van der Waals surface area contributed by atoms with Gasteiger partial charge in [0.1, 0.15) is 24.0 Å². The molecule has 0 aromatic heterocycles. The number of carbonyl (C=O) groups excluding carboxylic acids is 2. The van der Waals surface area contributed by atoms with Crippen molar-refractivity contribution in [3.05, 3.63) is 70.3 Å². The lowest BCUT2D eigenvalue weighted by Gasteiger charge is -2.10. The highest BCUT2D eigenvalue weighted by atomic mass is 35.5. The van der Waals surface area contributed by atoms with Crippen LogP contribution in [0.5, 0.6) is 5.75 Å². The summed E-state index contributed by atoms with van der Waals surface area (Å²) in [5.74, 6) is -0.419. The number of nitrogens with one attached hydrogen (secondary N) is 1. The molecule has 0 atom stereocenters. The Kier molecular flexibility index (Phi) is 6.15. The van der Waals surface area contributed by atoms with Gasteiger partial charge in [-0.25, -0.2) is 4.79 Å². The molecule has 0 unspecified atom stereocenters. The first kappa shape index (κ1) is 18.0. The van der Waals surface area contributed by atoms with E-state index < -0.39 is 11.9 Å². The Morgan fingerprint density at radius 1 is 1.20 bits per heavy atom. The standard InChI is InChI=1S/C18H14ClN3O3/c19-15-7-3-1-6-13(15)11-25-16-8-4-2-5-12(16)9-14(10-20)17(23)22-18(21)24/h1-9H,11H2,(H3,21,22,23,24)/b14-9-. The Hall–Kier alpha value is -3.30. The average molecular weight is 356 g/mol. The minimum Gasteiger partial charge on any atom is -0.488 e. The molecule has 0 bridgehead atoms. The molecule has 0 aliphatic carbocycles. The number of imide groups is 1. The SMILES string of the molecule is N#C/C(=C/c1ccccc1OCc1ccccc1Cl)C(=O)NC(N)=O. The van der Waals surface area contributed by atoms with Gasteiger partial charge in [0, 0.05) is 16.1 Å². The number of hydrogen-bond donors (Lipinski definition) is 2. The van der Waals surface area contributed by atoms with E-state index in [-0.39, 0.29) is 12.2 Å². The summed E-state index contributed by atoms with van der Waals surface area (Å²) in [6.45, 7) is 0.222. The zero-order chi connectivity index (χ0) is 18.2. The van der Waals surface area contributed by atoms with Crippen LogP contribution < -0.4 is 15.8 Å². The molecule has 0 heterocycles. The van der Waals surface area contributed by atoms with Crippen molar-refractivity contribution < 1.29 is 14.3 Å². The fourth-order valence-electron chi connectivity index (χ4n) is 1.99. The van der Waals surface area contributed by atoms with Crippen molar-refractivity contribution in [3.63, 3.8) is 0 Å². The van der Waals surface area contributed by atoms with E-state index in [0.717, 1.165) is 5.56 Å². The number of carbonyl (C=O) groups is 2. The summed E-state index contributed by atoms with van der Waals surface area (Å²) >= 11 is 6.10. The topological polar surface area (TPSA) is 105 Å². The maximum Gasteiger partial charge on any atom is 0.319 e. The number of nitriles is 1. The predicted molar refractivity (Wildman–Crippen MR) is 93.5 cm³/mol. The van der Waals surface area contributed by atoms with Gasteiger partial charge in [0.2, 0.25) is 0 Å². The molecular formula is C18H14ClN3O3. The summed E-state index contributed by atoms with van der Waals surface area (Å²) < 4.78 is 5.75. The molecule has 0 radical (unpaired) electrons. The minimum absolute atomic E-state index is 0.222. The second-order valence-electron chi connectivity index (χ2n) is 4.91. The molecule has 0 saturated carbocycles. The molecule has 0 saturated heterocycles. The van der Waals surface area contributed by atoms with E-state index in [2.05, 4.69) is 0 Å². The van der Waals surface area contributed by atoms with Gasteiger partial charge in [-0.15, -0.1) is 0 Å². The molecule has 2 aromatic carbocycles. The zero-order valence-electron chi connectivity index (χ0n) is 13.0. The molecule has 0 spiro atoms. The van der Waals surface area contributed by atoms with Gasteiger partial charge in [0.25, 0.3) is 5.91 Å². The number of primary amides is 1. The molecule has 3 N–H and O–H groups in total. The van der Waals surface area contributed by atoms with Crippen LogP contribution in [0.3, 0.4) is 0 Å². The van der Waals surface area contributed by atoms with E-state index in [0.29, 0.717) is 16.3 Å². The number of para-hydroxylation sites is 1. The smallest absolute Gasteiger partial charge is 0.319 e. The maximum atomic E-state index is 11.8. The van der Waals surface area contributed by atoms with E-state index in [1.54, 1.807) is 36.4 Å². The summed E-state index contributed by atoms with van der Waals surface area (Å²) in [6.07, 6.45) is 1.32. The zero-order valence-corrected chi connectivity index (χ0v) is 13.8. The lowest BCUT2D eigenvalue weighted by Crippen LogP contribution is -2.35. The third-order valence-corrected chi connectivity index (χ3v) is 3.53. The number of benzene rings is 2. The molecule has 126 valence electrons. The van der Waals surface area contributed by atoms with E-state index in [9.17, 15) is 9.59 Å². The largest absolute Gasteiger partial charge is 0.488 e. The quantitative estimate of drug-likeness (QED) is 0.635.